The third-order valence-electron chi connectivity index (χ3n) is 3.92. The number of alkyl halides is 1. The summed E-state index contributed by atoms with van der Waals surface area (Å²) in [5.41, 5.74) is 0. The summed E-state index contributed by atoms with van der Waals surface area (Å²) in [6.07, 6.45) is 3.68. The van der Waals surface area contributed by atoms with Crippen LogP contribution in [0.2, 0.25) is 0 Å². The Morgan fingerprint density at radius 3 is 2.69 bits per heavy atom. The Labute approximate surface area is 87.1 Å². The molecule has 13 heavy (non-hydrogen) atoms. The molecular formula is C10H15BrO2. The van der Waals surface area contributed by atoms with E-state index in [0.29, 0.717) is 5.92 Å². The lowest BCUT2D eigenvalue weighted by molar-refractivity contribution is -0.189. The predicted molar refractivity (Wildman–Crippen MR) is 52.8 cm³/mol. The first-order valence-electron chi connectivity index (χ1n) is 5.14. The van der Waals surface area contributed by atoms with Crippen LogP contribution in [0.5, 0.6) is 0 Å². The maximum absolute atomic E-state index is 5.82. The van der Waals surface area contributed by atoms with E-state index in [9.17, 15) is 0 Å². The first-order valence-corrected chi connectivity index (χ1v) is 5.93. The average Bonchev–Trinajstić information content (AvgIpc) is 2.48. The summed E-state index contributed by atoms with van der Waals surface area (Å²) < 4.78 is 11.9. The highest BCUT2D eigenvalue weighted by molar-refractivity contribution is 9.10. The van der Waals surface area contributed by atoms with E-state index in [1.807, 2.05) is 0 Å². The summed E-state index contributed by atoms with van der Waals surface area (Å²) in [7, 11) is 0. The van der Waals surface area contributed by atoms with Crippen molar-refractivity contribution in [3.63, 3.8) is 0 Å². The van der Waals surface area contributed by atoms with Crippen LogP contribution in [0.4, 0.5) is 0 Å². The molecular weight excluding hydrogens is 232 g/mol. The topological polar surface area (TPSA) is 18.5 Å². The molecule has 2 aliphatic carbocycles. The minimum atomic E-state index is -0.207. The number of hydrogen-bond acceptors (Lipinski definition) is 2. The lowest BCUT2D eigenvalue weighted by Gasteiger charge is -2.31. The van der Waals surface area contributed by atoms with Crippen molar-refractivity contribution in [1.29, 1.82) is 0 Å². The zero-order valence-electron chi connectivity index (χ0n) is 7.88. The van der Waals surface area contributed by atoms with Gasteiger partial charge in [0.1, 0.15) is 0 Å². The molecule has 0 aromatic heterocycles. The van der Waals surface area contributed by atoms with E-state index in [1.54, 1.807) is 0 Å². The van der Waals surface area contributed by atoms with Crippen molar-refractivity contribution in [2.24, 2.45) is 11.8 Å². The van der Waals surface area contributed by atoms with E-state index in [2.05, 4.69) is 22.9 Å². The third-order valence-corrected chi connectivity index (χ3v) is 5.00. The molecule has 1 unspecified atom stereocenters. The summed E-state index contributed by atoms with van der Waals surface area (Å²) in [5, 5.41) is 0. The average molecular weight is 247 g/mol. The normalized spacial score (nSPS) is 52.2. The molecule has 0 bridgehead atoms. The molecule has 2 nitrogen and oxygen atoms in total. The molecule has 0 radical (unpaired) electrons. The second-order valence-corrected chi connectivity index (χ2v) is 6.35. The maximum atomic E-state index is 5.82. The largest absolute Gasteiger partial charge is 0.347 e. The van der Waals surface area contributed by atoms with Crippen LogP contribution in [0.25, 0.3) is 0 Å². The standard InChI is InChI=1S/C10H15BrO2/c1-9(11)7-3-2-4-10(8(7)9)12-5-6-13-10/h7-8H,2-6H2,1H3/t7-,8+,9?/m1/s1. The van der Waals surface area contributed by atoms with Crippen molar-refractivity contribution < 1.29 is 9.47 Å². The van der Waals surface area contributed by atoms with E-state index in [-0.39, 0.29) is 10.1 Å². The predicted octanol–water partition coefficient (Wildman–Crippen LogP) is 2.31. The summed E-state index contributed by atoms with van der Waals surface area (Å²) in [6.45, 7) is 3.85. The van der Waals surface area contributed by atoms with E-state index >= 15 is 0 Å². The molecule has 3 rings (SSSR count). The Balaban J connectivity index is 1.89. The van der Waals surface area contributed by atoms with Crippen LogP contribution in [0.15, 0.2) is 0 Å². The lowest BCUT2D eigenvalue weighted by Crippen LogP contribution is -2.37. The van der Waals surface area contributed by atoms with Gasteiger partial charge < -0.3 is 9.47 Å². The van der Waals surface area contributed by atoms with Crippen molar-refractivity contribution in [1.82, 2.24) is 0 Å². The van der Waals surface area contributed by atoms with Gasteiger partial charge in [-0.3, -0.25) is 0 Å². The van der Waals surface area contributed by atoms with Gasteiger partial charge in [-0.05, 0) is 25.7 Å². The molecule has 3 heteroatoms. The minimum Gasteiger partial charge on any atom is -0.347 e. The zero-order valence-corrected chi connectivity index (χ0v) is 9.47. The molecule has 1 saturated heterocycles. The van der Waals surface area contributed by atoms with Gasteiger partial charge in [-0.15, -0.1) is 0 Å². The highest BCUT2D eigenvalue weighted by Gasteiger charge is 2.71. The van der Waals surface area contributed by atoms with Crippen molar-refractivity contribution in [2.75, 3.05) is 13.2 Å². The molecule has 3 atom stereocenters. The number of ether oxygens (including phenoxy) is 2. The van der Waals surface area contributed by atoms with Gasteiger partial charge in [-0.25, -0.2) is 0 Å². The first kappa shape index (κ1) is 8.69. The highest BCUT2D eigenvalue weighted by Crippen LogP contribution is 2.68. The quantitative estimate of drug-likeness (QED) is 0.611. The van der Waals surface area contributed by atoms with Crippen molar-refractivity contribution >= 4 is 15.9 Å². The van der Waals surface area contributed by atoms with E-state index < -0.39 is 0 Å². The lowest BCUT2D eigenvalue weighted by atomic mass is 9.94. The van der Waals surface area contributed by atoms with Crippen molar-refractivity contribution in [2.45, 2.75) is 36.3 Å². The van der Waals surface area contributed by atoms with E-state index in [1.165, 1.54) is 12.8 Å². The number of fused-ring (bicyclic) bond motifs is 2. The van der Waals surface area contributed by atoms with Gasteiger partial charge in [0, 0.05) is 16.7 Å². The third kappa shape index (κ3) is 1.01. The second-order valence-electron chi connectivity index (χ2n) is 4.64. The van der Waals surface area contributed by atoms with Crippen LogP contribution < -0.4 is 0 Å². The zero-order chi connectivity index (χ0) is 9.10. The van der Waals surface area contributed by atoms with Gasteiger partial charge in [0.25, 0.3) is 0 Å². The van der Waals surface area contributed by atoms with Gasteiger partial charge in [0.05, 0.1) is 13.2 Å². The second kappa shape index (κ2) is 2.50. The Morgan fingerprint density at radius 1 is 1.31 bits per heavy atom. The van der Waals surface area contributed by atoms with Gasteiger partial charge >= 0.3 is 0 Å². The Morgan fingerprint density at radius 2 is 2.00 bits per heavy atom. The molecule has 0 N–H and O–H groups in total. The molecule has 1 spiro atoms. The summed E-state index contributed by atoms with van der Waals surface area (Å²) in [4.78, 5) is 0. The first-order chi connectivity index (χ1) is 6.17. The van der Waals surface area contributed by atoms with Crippen LogP contribution in [-0.2, 0) is 9.47 Å². The molecule has 0 aromatic carbocycles. The Bertz CT molecular complexity index is 233. The van der Waals surface area contributed by atoms with Crippen molar-refractivity contribution in [3.05, 3.63) is 0 Å². The van der Waals surface area contributed by atoms with Crippen LogP contribution in [0.1, 0.15) is 26.2 Å². The minimum absolute atomic E-state index is 0.207. The fourth-order valence-electron chi connectivity index (χ4n) is 3.27. The molecule has 74 valence electrons. The number of halogens is 1. The summed E-state index contributed by atoms with van der Waals surface area (Å²) in [6, 6.07) is 0. The van der Waals surface area contributed by atoms with Gasteiger partial charge in [0.15, 0.2) is 5.79 Å². The number of rotatable bonds is 0. The Hall–Kier alpha value is 0.400. The maximum Gasteiger partial charge on any atom is 0.172 e. The van der Waals surface area contributed by atoms with E-state index in [0.717, 1.165) is 25.6 Å². The summed E-state index contributed by atoms with van der Waals surface area (Å²) >= 11 is 3.80. The fraction of sp³-hybridized carbons (Fsp3) is 1.00. The molecule has 1 heterocycles. The SMILES string of the molecule is CC1(Br)[C@@H]2CCCC3(OCCO3)[C@@H]21. The Kier molecular flexibility index (Phi) is 1.67. The fourth-order valence-corrected chi connectivity index (χ4v) is 4.30. The van der Waals surface area contributed by atoms with E-state index in [4.69, 9.17) is 9.47 Å². The highest BCUT2D eigenvalue weighted by atomic mass is 79.9. The number of hydrogen-bond donors (Lipinski definition) is 0. The molecule has 0 aromatic rings. The molecule has 3 fully saturated rings. The molecule has 3 aliphatic rings. The molecule has 1 aliphatic heterocycles. The molecule has 2 saturated carbocycles. The smallest absolute Gasteiger partial charge is 0.172 e. The monoisotopic (exact) mass is 246 g/mol. The van der Waals surface area contributed by atoms with Crippen LogP contribution in [-0.4, -0.2) is 23.3 Å². The van der Waals surface area contributed by atoms with Crippen LogP contribution in [0, 0.1) is 11.8 Å². The van der Waals surface area contributed by atoms with Crippen molar-refractivity contribution in [3.8, 4) is 0 Å². The van der Waals surface area contributed by atoms with Gasteiger partial charge in [-0.2, -0.15) is 0 Å². The van der Waals surface area contributed by atoms with Crippen LogP contribution >= 0.6 is 15.9 Å². The van der Waals surface area contributed by atoms with Crippen LogP contribution in [0.3, 0.4) is 0 Å². The molecule has 0 amide bonds. The van der Waals surface area contributed by atoms with Gasteiger partial charge in [0.2, 0.25) is 0 Å². The van der Waals surface area contributed by atoms with Gasteiger partial charge in [-0.1, -0.05) is 15.9 Å². The summed E-state index contributed by atoms with van der Waals surface area (Å²) in [5.74, 6) is 1.16.